The summed E-state index contributed by atoms with van der Waals surface area (Å²) in [5.74, 6) is 0.0476. The van der Waals surface area contributed by atoms with Crippen molar-refractivity contribution < 1.29 is 19.1 Å². The highest BCUT2D eigenvalue weighted by atomic mass is 28.4. The lowest BCUT2D eigenvalue weighted by atomic mass is 9.75. The van der Waals surface area contributed by atoms with Gasteiger partial charge in [-0.1, -0.05) is 27.7 Å². The maximum absolute atomic E-state index is 11.5. The number of methoxy groups -OCH3 is 1. The molecule has 0 heterocycles. The van der Waals surface area contributed by atoms with Crippen LogP contribution in [0.5, 0.6) is 0 Å². The summed E-state index contributed by atoms with van der Waals surface area (Å²) in [4.78, 5) is 11.5. The number of hydrogen-bond donors (Lipinski definition) is 1. The van der Waals surface area contributed by atoms with Crippen molar-refractivity contribution in [1.82, 2.24) is 0 Å². The molecule has 1 fully saturated rings. The second-order valence-corrected chi connectivity index (χ2v) is 12.7. The van der Waals surface area contributed by atoms with E-state index in [1.54, 1.807) is 0 Å². The molecule has 124 valence electrons. The molecule has 0 unspecified atom stereocenters. The average Bonchev–Trinajstić information content (AvgIpc) is 2.33. The number of rotatable bonds is 4. The van der Waals surface area contributed by atoms with Gasteiger partial charge in [0.1, 0.15) is 0 Å². The number of carbonyl (C=O) groups is 1. The van der Waals surface area contributed by atoms with Gasteiger partial charge in [-0.05, 0) is 42.8 Å². The molecule has 0 spiro atoms. The Morgan fingerprint density at radius 3 is 2.33 bits per heavy atom. The first-order chi connectivity index (χ1) is 9.48. The second-order valence-electron chi connectivity index (χ2n) is 7.94. The maximum atomic E-state index is 11.5. The molecule has 4 atom stereocenters. The third-order valence-electron chi connectivity index (χ3n) is 5.34. The first-order valence-corrected chi connectivity index (χ1v) is 10.8. The molecule has 1 saturated carbocycles. The van der Waals surface area contributed by atoms with E-state index >= 15 is 0 Å². The van der Waals surface area contributed by atoms with Gasteiger partial charge in [-0.2, -0.15) is 0 Å². The van der Waals surface area contributed by atoms with Crippen LogP contribution >= 0.6 is 0 Å². The first kappa shape index (κ1) is 18.7. The van der Waals surface area contributed by atoms with Crippen molar-refractivity contribution in [3.63, 3.8) is 0 Å². The summed E-state index contributed by atoms with van der Waals surface area (Å²) < 4.78 is 11.2. The van der Waals surface area contributed by atoms with E-state index in [1.807, 2.05) is 6.92 Å². The van der Waals surface area contributed by atoms with Gasteiger partial charge in [0.2, 0.25) is 0 Å². The van der Waals surface area contributed by atoms with Crippen molar-refractivity contribution in [3.8, 4) is 0 Å². The van der Waals surface area contributed by atoms with E-state index in [0.29, 0.717) is 12.8 Å². The molecule has 0 aromatic heterocycles. The molecule has 1 aliphatic carbocycles. The molecular weight excluding hydrogens is 284 g/mol. The number of hydrogen-bond acceptors (Lipinski definition) is 4. The highest BCUT2D eigenvalue weighted by Crippen LogP contribution is 2.41. The Bertz CT molecular complexity index is 362. The Kier molecular flexibility index (Phi) is 6.04. The van der Waals surface area contributed by atoms with Gasteiger partial charge in [0, 0.05) is 12.5 Å². The molecule has 0 amide bonds. The lowest BCUT2D eigenvalue weighted by molar-refractivity contribution is -0.143. The van der Waals surface area contributed by atoms with Crippen LogP contribution in [0.15, 0.2) is 0 Å². The van der Waals surface area contributed by atoms with Crippen LogP contribution in [0.25, 0.3) is 0 Å². The van der Waals surface area contributed by atoms with E-state index < -0.39 is 14.4 Å². The van der Waals surface area contributed by atoms with Crippen LogP contribution in [0.4, 0.5) is 0 Å². The number of aliphatic hydroxyl groups is 1. The zero-order chi connectivity index (χ0) is 16.4. The third kappa shape index (κ3) is 4.79. The van der Waals surface area contributed by atoms with Crippen molar-refractivity contribution in [2.24, 2.45) is 11.8 Å². The molecule has 21 heavy (non-hydrogen) atoms. The first-order valence-electron chi connectivity index (χ1n) is 7.90. The van der Waals surface area contributed by atoms with Gasteiger partial charge < -0.3 is 14.3 Å². The van der Waals surface area contributed by atoms with E-state index in [-0.39, 0.29) is 28.9 Å². The Labute approximate surface area is 130 Å². The molecule has 1 N–H and O–H groups in total. The quantitative estimate of drug-likeness (QED) is 0.638. The fourth-order valence-corrected chi connectivity index (χ4v) is 4.08. The minimum absolute atomic E-state index is 0.0479. The topological polar surface area (TPSA) is 55.8 Å². The van der Waals surface area contributed by atoms with Crippen LogP contribution in [0, 0.1) is 11.8 Å². The van der Waals surface area contributed by atoms with Gasteiger partial charge in [0.25, 0.3) is 0 Å². The Morgan fingerprint density at radius 1 is 1.29 bits per heavy atom. The number of ether oxygens (including phenoxy) is 1. The van der Waals surface area contributed by atoms with E-state index in [9.17, 15) is 9.90 Å². The summed E-state index contributed by atoms with van der Waals surface area (Å²) in [5.41, 5.74) is 0. The normalized spacial score (nSPS) is 31.0. The van der Waals surface area contributed by atoms with Gasteiger partial charge in [0.05, 0.1) is 13.2 Å². The summed E-state index contributed by atoms with van der Waals surface area (Å²) in [6.45, 7) is 13.1. The smallest absolute Gasteiger partial charge is 0.305 e. The van der Waals surface area contributed by atoms with E-state index in [1.165, 1.54) is 7.11 Å². The molecule has 0 saturated heterocycles. The summed E-state index contributed by atoms with van der Waals surface area (Å²) in [6.07, 6.45) is 1.52. The Balaban J connectivity index is 2.75. The Morgan fingerprint density at radius 2 is 1.86 bits per heavy atom. The number of aliphatic hydroxyl groups excluding tert-OH is 1. The van der Waals surface area contributed by atoms with Crippen LogP contribution in [-0.2, 0) is 14.0 Å². The van der Waals surface area contributed by atoms with Crippen LogP contribution in [0.2, 0.25) is 18.1 Å². The van der Waals surface area contributed by atoms with Crippen LogP contribution in [0.3, 0.4) is 0 Å². The molecule has 0 aromatic carbocycles. The summed E-state index contributed by atoms with van der Waals surface area (Å²) in [6, 6.07) is 0. The molecule has 0 bridgehead atoms. The predicted molar refractivity (Wildman–Crippen MR) is 86.6 cm³/mol. The lowest BCUT2D eigenvalue weighted by Crippen LogP contribution is -2.48. The van der Waals surface area contributed by atoms with Crippen molar-refractivity contribution >= 4 is 14.3 Å². The van der Waals surface area contributed by atoms with E-state index in [0.717, 1.165) is 6.42 Å². The van der Waals surface area contributed by atoms with Crippen molar-refractivity contribution in [3.05, 3.63) is 0 Å². The van der Waals surface area contributed by atoms with Gasteiger partial charge >= 0.3 is 5.97 Å². The van der Waals surface area contributed by atoms with Crippen molar-refractivity contribution in [2.45, 2.75) is 77.3 Å². The standard InChI is InChI=1S/C16H32O4Si/c1-11-12(9-15(18)19-5)8-13(10-14(11)17)20-21(6,7)16(2,3)4/h11-14,17H,8-10H2,1-7H3/t11-,12-,13+,14-/m0/s1. The summed E-state index contributed by atoms with van der Waals surface area (Å²) >= 11 is 0. The minimum Gasteiger partial charge on any atom is -0.469 e. The maximum Gasteiger partial charge on any atom is 0.305 e. The second kappa shape index (κ2) is 6.80. The molecule has 4 nitrogen and oxygen atoms in total. The predicted octanol–water partition coefficient (Wildman–Crippen LogP) is 3.35. The molecule has 0 aliphatic heterocycles. The van der Waals surface area contributed by atoms with Crippen LogP contribution in [0.1, 0.15) is 47.0 Å². The molecule has 1 aliphatic rings. The molecule has 5 heteroatoms. The summed E-state index contributed by atoms with van der Waals surface area (Å²) in [5, 5.41) is 10.4. The van der Waals surface area contributed by atoms with Gasteiger partial charge in [-0.3, -0.25) is 4.79 Å². The largest absolute Gasteiger partial charge is 0.469 e. The van der Waals surface area contributed by atoms with Gasteiger partial charge in [0.15, 0.2) is 8.32 Å². The van der Waals surface area contributed by atoms with Crippen LogP contribution < -0.4 is 0 Å². The highest BCUT2D eigenvalue weighted by Gasteiger charge is 2.43. The van der Waals surface area contributed by atoms with E-state index in [2.05, 4.69) is 33.9 Å². The minimum atomic E-state index is -1.85. The monoisotopic (exact) mass is 316 g/mol. The average molecular weight is 317 g/mol. The zero-order valence-corrected chi connectivity index (χ0v) is 15.6. The van der Waals surface area contributed by atoms with Crippen molar-refractivity contribution in [2.75, 3.05) is 7.11 Å². The molecule has 0 radical (unpaired) electrons. The fourth-order valence-electron chi connectivity index (χ4n) is 2.70. The highest BCUT2D eigenvalue weighted by molar-refractivity contribution is 6.74. The third-order valence-corrected chi connectivity index (χ3v) is 9.88. The number of carbonyl (C=O) groups excluding carboxylic acids is 1. The summed E-state index contributed by atoms with van der Waals surface area (Å²) in [7, 11) is -0.436. The molecule has 1 rings (SSSR count). The lowest BCUT2D eigenvalue weighted by Gasteiger charge is -2.44. The van der Waals surface area contributed by atoms with E-state index in [4.69, 9.17) is 9.16 Å². The molecular formula is C16H32O4Si. The molecule has 0 aromatic rings. The number of esters is 1. The SMILES string of the molecule is COC(=O)C[C@@H]1C[C@@H](O[Si](C)(C)C(C)(C)C)C[C@H](O)[C@H]1C. The van der Waals surface area contributed by atoms with Gasteiger partial charge in [-0.15, -0.1) is 0 Å². The van der Waals surface area contributed by atoms with Crippen molar-refractivity contribution in [1.29, 1.82) is 0 Å². The fraction of sp³-hybridized carbons (Fsp3) is 0.938. The van der Waals surface area contributed by atoms with Gasteiger partial charge in [-0.25, -0.2) is 0 Å². The Hall–Kier alpha value is -0.393. The zero-order valence-electron chi connectivity index (χ0n) is 14.6. The van der Waals surface area contributed by atoms with Crippen LogP contribution in [-0.4, -0.2) is 38.7 Å².